The third kappa shape index (κ3) is 5.39. The van der Waals surface area contributed by atoms with Gasteiger partial charge in [-0.25, -0.2) is 4.68 Å². The minimum absolute atomic E-state index is 0.0229. The first kappa shape index (κ1) is 25.1. The molecule has 2 fully saturated rings. The van der Waals surface area contributed by atoms with Crippen molar-refractivity contribution in [2.24, 2.45) is 0 Å². The zero-order valence-corrected chi connectivity index (χ0v) is 22.0. The number of ether oxygens (including phenoxy) is 1. The number of tetrazole rings is 1. The fraction of sp³-hybridized carbons (Fsp3) is 0.643. The van der Waals surface area contributed by atoms with Crippen molar-refractivity contribution in [1.29, 1.82) is 0 Å². The Hall–Kier alpha value is -2.58. The summed E-state index contributed by atoms with van der Waals surface area (Å²) in [5.74, 6) is 0.936. The molecule has 36 heavy (non-hydrogen) atoms. The van der Waals surface area contributed by atoms with Gasteiger partial charge < -0.3 is 9.72 Å². The van der Waals surface area contributed by atoms with Crippen LogP contribution >= 0.6 is 0 Å². The van der Waals surface area contributed by atoms with Crippen molar-refractivity contribution in [3.63, 3.8) is 0 Å². The predicted octanol–water partition coefficient (Wildman–Crippen LogP) is 5.16. The van der Waals surface area contributed by atoms with E-state index in [1.165, 1.54) is 30.4 Å². The SMILES string of the molecule is CCC[C@H](c1nnnn1C1CCCCC1)N(Cc1cc2cc(C)c(C)cc2[nH]c1=O)C[C@@H]1CCCO1. The molecule has 1 aliphatic carbocycles. The monoisotopic (exact) mass is 492 g/mol. The van der Waals surface area contributed by atoms with Gasteiger partial charge in [-0.05, 0) is 91.1 Å². The number of H-pyrrole nitrogens is 1. The average molecular weight is 493 g/mol. The number of hydrogen-bond donors (Lipinski definition) is 1. The molecule has 0 radical (unpaired) electrons. The van der Waals surface area contributed by atoms with E-state index < -0.39 is 0 Å². The molecule has 2 aliphatic rings. The first-order valence-corrected chi connectivity index (χ1v) is 13.8. The summed E-state index contributed by atoms with van der Waals surface area (Å²) in [5, 5.41) is 14.3. The number of aromatic nitrogens is 5. The maximum absolute atomic E-state index is 13.2. The third-order valence-corrected chi connectivity index (χ3v) is 8.11. The number of aryl methyl sites for hydroxylation is 2. The fourth-order valence-corrected chi connectivity index (χ4v) is 5.96. The predicted molar refractivity (Wildman–Crippen MR) is 141 cm³/mol. The number of nitrogens with zero attached hydrogens (tertiary/aromatic N) is 5. The molecule has 0 amide bonds. The lowest BCUT2D eigenvalue weighted by molar-refractivity contribution is 0.0468. The minimum Gasteiger partial charge on any atom is -0.377 e. The second kappa shape index (κ2) is 11.2. The smallest absolute Gasteiger partial charge is 0.252 e. The molecule has 1 aliphatic heterocycles. The number of benzene rings is 1. The van der Waals surface area contributed by atoms with Gasteiger partial charge in [0.15, 0.2) is 5.82 Å². The van der Waals surface area contributed by atoms with Gasteiger partial charge in [0.1, 0.15) is 0 Å². The first-order chi connectivity index (χ1) is 17.5. The van der Waals surface area contributed by atoms with Crippen LogP contribution in [0.25, 0.3) is 10.9 Å². The lowest BCUT2D eigenvalue weighted by atomic mass is 9.95. The van der Waals surface area contributed by atoms with E-state index in [0.29, 0.717) is 12.6 Å². The Bertz CT molecular complexity index is 1220. The lowest BCUT2D eigenvalue weighted by Gasteiger charge is -2.33. The third-order valence-electron chi connectivity index (χ3n) is 8.11. The number of fused-ring (bicyclic) bond motifs is 1. The van der Waals surface area contributed by atoms with Crippen LogP contribution in [-0.4, -0.2) is 49.3 Å². The van der Waals surface area contributed by atoms with E-state index in [4.69, 9.17) is 4.74 Å². The molecule has 0 unspecified atom stereocenters. The Labute approximate surface area is 213 Å². The van der Waals surface area contributed by atoms with Crippen LogP contribution in [0.4, 0.5) is 0 Å². The molecule has 1 saturated carbocycles. The van der Waals surface area contributed by atoms with Gasteiger partial charge in [0.05, 0.1) is 18.2 Å². The molecule has 1 saturated heterocycles. The molecular formula is C28H40N6O2. The maximum Gasteiger partial charge on any atom is 0.252 e. The Balaban J connectivity index is 1.51. The summed E-state index contributed by atoms with van der Waals surface area (Å²) >= 11 is 0. The number of aromatic amines is 1. The quantitative estimate of drug-likeness (QED) is 0.444. The van der Waals surface area contributed by atoms with Crippen LogP contribution in [0.1, 0.15) is 99.3 Å². The standard InChI is InChI=1S/C28H40N6O2/c1-4-9-26(27-30-31-32-34(27)23-10-6-5-7-11-23)33(18-24-12-8-13-36-24)17-22-16-21-14-19(2)20(3)15-25(21)29-28(22)35/h14-16,23-24,26H,4-13,17-18H2,1-3H3,(H,29,35)/t24-,26+/m0/s1. The van der Waals surface area contributed by atoms with Crippen molar-refractivity contribution in [2.75, 3.05) is 13.2 Å². The molecule has 0 spiro atoms. The topological polar surface area (TPSA) is 88.9 Å². The van der Waals surface area contributed by atoms with E-state index in [2.05, 4.69) is 69.1 Å². The van der Waals surface area contributed by atoms with Crippen molar-refractivity contribution in [2.45, 2.75) is 103 Å². The number of nitrogens with one attached hydrogen (secondary N) is 1. The van der Waals surface area contributed by atoms with Crippen LogP contribution in [0, 0.1) is 13.8 Å². The summed E-state index contributed by atoms with van der Waals surface area (Å²) in [6.07, 6.45) is 10.3. The maximum atomic E-state index is 13.2. The Morgan fingerprint density at radius 1 is 1.11 bits per heavy atom. The number of pyridine rings is 1. The molecule has 8 nitrogen and oxygen atoms in total. The molecule has 1 aromatic carbocycles. The summed E-state index contributed by atoms with van der Waals surface area (Å²) in [6.45, 7) is 8.53. The van der Waals surface area contributed by atoms with Crippen LogP contribution in [0.5, 0.6) is 0 Å². The molecule has 3 heterocycles. The Morgan fingerprint density at radius 3 is 2.67 bits per heavy atom. The van der Waals surface area contributed by atoms with Crippen LogP contribution in [0.2, 0.25) is 0 Å². The molecule has 3 aromatic rings. The van der Waals surface area contributed by atoms with Gasteiger partial charge in [-0.1, -0.05) is 32.6 Å². The zero-order valence-electron chi connectivity index (χ0n) is 22.0. The molecule has 1 N–H and O–H groups in total. The van der Waals surface area contributed by atoms with Crippen LogP contribution in [0.15, 0.2) is 23.0 Å². The van der Waals surface area contributed by atoms with Gasteiger partial charge in [-0.15, -0.1) is 5.10 Å². The Morgan fingerprint density at radius 2 is 1.92 bits per heavy atom. The summed E-state index contributed by atoms with van der Waals surface area (Å²) in [6, 6.07) is 6.70. The largest absolute Gasteiger partial charge is 0.377 e. The second-order valence-electron chi connectivity index (χ2n) is 10.8. The summed E-state index contributed by atoms with van der Waals surface area (Å²) in [7, 11) is 0. The number of hydrogen-bond acceptors (Lipinski definition) is 6. The van der Waals surface area contributed by atoms with E-state index in [1.54, 1.807) is 0 Å². The van der Waals surface area contributed by atoms with Crippen molar-refractivity contribution in [3.8, 4) is 0 Å². The van der Waals surface area contributed by atoms with Gasteiger partial charge in [0.2, 0.25) is 0 Å². The van der Waals surface area contributed by atoms with Crippen LogP contribution < -0.4 is 5.56 Å². The zero-order chi connectivity index (χ0) is 25.1. The highest BCUT2D eigenvalue weighted by Crippen LogP contribution is 2.33. The molecule has 2 atom stereocenters. The highest BCUT2D eigenvalue weighted by atomic mass is 16.5. The molecule has 2 aromatic heterocycles. The van der Waals surface area contributed by atoms with Gasteiger partial charge in [0, 0.05) is 30.8 Å². The molecule has 8 heteroatoms. The van der Waals surface area contributed by atoms with E-state index in [0.717, 1.165) is 74.0 Å². The second-order valence-corrected chi connectivity index (χ2v) is 10.8. The van der Waals surface area contributed by atoms with Gasteiger partial charge in [-0.2, -0.15) is 0 Å². The van der Waals surface area contributed by atoms with Gasteiger partial charge >= 0.3 is 0 Å². The summed E-state index contributed by atoms with van der Waals surface area (Å²) < 4.78 is 8.15. The van der Waals surface area contributed by atoms with Gasteiger partial charge in [-0.3, -0.25) is 9.69 Å². The lowest BCUT2D eigenvalue weighted by Crippen LogP contribution is -2.38. The first-order valence-electron chi connectivity index (χ1n) is 13.8. The van der Waals surface area contributed by atoms with Crippen LogP contribution in [0.3, 0.4) is 0 Å². The van der Waals surface area contributed by atoms with Crippen molar-refractivity contribution >= 4 is 10.9 Å². The normalized spacial score (nSPS) is 19.9. The Kier molecular flexibility index (Phi) is 7.82. The van der Waals surface area contributed by atoms with E-state index in [9.17, 15) is 4.79 Å². The van der Waals surface area contributed by atoms with Gasteiger partial charge in [0.25, 0.3) is 5.56 Å². The van der Waals surface area contributed by atoms with Crippen molar-refractivity contribution in [1.82, 2.24) is 30.1 Å². The van der Waals surface area contributed by atoms with Crippen molar-refractivity contribution in [3.05, 3.63) is 51.1 Å². The van der Waals surface area contributed by atoms with Crippen LogP contribution in [-0.2, 0) is 11.3 Å². The van der Waals surface area contributed by atoms with Crippen molar-refractivity contribution < 1.29 is 4.74 Å². The molecule has 0 bridgehead atoms. The summed E-state index contributed by atoms with van der Waals surface area (Å²) in [4.78, 5) is 18.8. The van der Waals surface area contributed by atoms with E-state index in [1.807, 2.05) is 0 Å². The highest BCUT2D eigenvalue weighted by molar-refractivity contribution is 5.80. The average Bonchev–Trinajstić information content (AvgIpc) is 3.57. The fourth-order valence-electron chi connectivity index (χ4n) is 5.96. The van der Waals surface area contributed by atoms with E-state index >= 15 is 0 Å². The summed E-state index contributed by atoms with van der Waals surface area (Å²) in [5.41, 5.74) is 4.06. The number of rotatable bonds is 9. The molecule has 5 rings (SSSR count). The molecular weight excluding hydrogens is 452 g/mol. The van der Waals surface area contributed by atoms with E-state index in [-0.39, 0.29) is 17.7 Å². The molecule has 194 valence electrons. The minimum atomic E-state index is -0.0229. The highest BCUT2D eigenvalue weighted by Gasteiger charge is 2.32.